The highest BCUT2D eigenvalue weighted by molar-refractivity contribution is 5.94. The summed E-state index contributed by atoms with van der Waals surface area (Å²) in [4.78, 5) is 15.1. The highest BCUT2D eigenvalue weighted by atomic mass is 16.5. The number of unbranched alkanes of at least 4 members (excludes halogenated alkanes) is 18. The average molecular weight is 1600 g/mol. The first-order valence-electron chi connectivity index (χ1n) is 44.7. The van der Waals surface area contributed by atoms with Gasteiger partial charge in [-0.25, -0.2) is 0 Å². The number of nitrogens with zero attached hydrogens (tertiary/aromatic N) is 3. The molecule has 0 spiro atoms. The molecular weight excluding hydrogens is 1460 g/mol. The summed E-state index contributed by atoms with van der Waals surface area (Å²) in [5.74, 6) is 5.84. The lowest BCUT2D eigenvalue weighted by Gasteiger charge is -2.31. The van der Waals surface area contributed by atoms with Crippen LogP contribution >= 0.6 is 0 Å². The molecule has 0 aliphatic carbocycles. The second-order valence-corrected chi connectivity index (χ2v) is 33.3. The molecule has 0 atom stereocenters. The van der Waals surface area contributed by atoms with E-state index in [1.54, 1.807) is 6.92 Å². The van der Waals surface area contributed by atoms with Gasteiger partial charge in [0.15, 0.2) is 5.78 Å². The number of benzene rings is 9. The molecule has 0 aliphatic rings. The summed E-state index contributed by atoms with van der Waals surface area (Å²) in [5.41, 5.74) is 17.4. The maximum absolute atomic E-state index is 12.8. The van der Waals surface area contributed by atoms with Crippen molar-refractivity contribution in [2.45, 2.75) is 268 Å². The quantitative estimate of drug-likeness (QED) is 0.0221. The lowest BCUT2D eigenvalue weighted by molar-refractivity contribution is -0.113. The Kier molecular flexibility index (Phi) is 35.0. The van der Waals surface area contributed by atoms with Crippen LogP contribution in [-0.4, -0.2) is 60.7 Å². The molecule has 0 unspecified atom stereocenters. The number of rotatable bonds is 51. The molecule has 10 rings (SSSR count). The fourth-order valence-corrected chi connectivity index (χ4v) is 15.6. The van der Waals surface area contributed by atoms with Gasteiger partial charge in [0.25, 0.3) is 0 Å². The van der Waals surface area contributed by atoms with Gasteiger partial charge in [0.1, 0.15) is 34.5 Å². The topological polar surface area (TPSA) is 135 Å². The zero-order valence-corrected chi connectivity index (χ0v) is 73.8. The van der Waals surface area contributed by atoms with Gasteiger partial charge in [0.05, 0.1) is 45.4 Å². The zero-order valence-electron chi connectivity index (χ0n) is 73.8. The molecule has 12 heteroatoms. The number of Topliss-reactive ketones (excluding diaryl/α,β-unsaturated/α-hetero) is 1. The summed E-state index contributed by atoms with van der Waals surface area (Å²) in [6, 6.07) is 65.0. The fourth-order valence-electron chi connectivity index (χ4n) is 15.6. The Labute approximate surface area is 707 Å². The van der Waals surface area contributed by atoms with E-state index in [0.29, 0.717) is 63.4 Å². The summed E-state index contributed by atoms with van der Waals surface area (Å²) in [5, 5.41) is 19.8. The van der Waals surface area contributed by atoms with Crippen LogP contribution in [0.15, 0.2) is 198 Å². The SMILES string of the molecule is CCCCCCOc1cc(-c2ccc(-c3nnc(-c4ccc(C(C)(C)c5cc(OCCCCCC)c(-c6ccc(N(c7ccccc7)c7ccc(C(C)(C)c8cc(OCCCCCC)c(-c9ccc(C)c(C/C(C(C)=O)=C(\C)O)c9)cc8OCCCCCC)cc7)cc6)cc5OCCCCCC)cc4)o3)cc2)c(OCCCCCC)cc1C. The molecule has 628 valence electrons. The van der Waals surface area contributed by atoms with Gasteiger partial charge in [0.2, 0.25) is 11.8 Å². The lowest BCUT2D eigenvalue weighted by Crippen LogP contribution is -2.21. The Morgan fingerprint density at radius 1 is 0.356 bits per heavy atom. The van der Waals surface area contributed by atoms with E-state index in [9.17, 15) is 9.90 Å². The van der Waals surface area contributed by atoms with Crippen LogP contribution in [-0.2, 0) is 22.0 Å². The van der Waals surface area contributed by atoms with Crippen molar-refractivity contribution in [1.29, 1.82) is 0 Å². The summed E-state index contributed by atoms with van der Waals surface area (Å²) in [6.07, 6.45) is 26.8. The van der Waals surface area contributed by atoms with Crippen molar-refractivity contribution in [1.82, 2.24) is 10.2 Å². The summed E-state index contributed by atoms with van der Waals surface area (Å²) in [7, 11) is 0. The van der Waals surface area contributed by atoms with Crippen molar-refractivity contribution < 1.29 is 42.7 Å². The predicted octanol–water partition coefficient (Wildman–Crippen LogP) is 29.9. The molecule has 1 N–H and O–H groups in total. The minimum absolute atomic E-state index is 0.0488. The first-order valence-corrected chi connectivity index (χ1v) is 44.7. The van der Waals surface area contributed by atoms with Crippen LogP contribution in [0, 0.1) is 13.8 Å². The molecule has 10 aromatic rings. The minimum Gasteiger partial charge on any atom is -0.512 e. The maximum Gasteiger partial charge on any atom is 0.248 e. The summed E-state index contributed by atoms with van der Waals surface area (Å²) in [6.45, 7) is 33.6. The Balaban J connectivity index is 0.953. The first kappa shape index (κ1) is 90.3. The number of allylic oxidation sites excluding steroid dienone is 2. The van der Waals surface area contributed by atoms with Gasteiger partial charge in [-0.3, -0.25) is 4.79 Å². The van der Waals surface area contributed by atoms with Gasteiger partial charge in [-0.1, -0.05) is 270 Å². The molecule has 0 saturated carbocycles. The maximum atomic E-state index is 12.8. The average Bonchev–Trinajstić information content (AvgIpc) is 0.908. The molecule has 0 fully saturated rings. The second-order valence-electron chi connectivity index (χ2n) is 33.3. The van der Waals surface area contributed by atoms with Crippen molar-refractivity contribution in [2.24, 2.45) is 0 Å². The highest BCUT2D eigenvalue weighted by Gasteiger charge is 2.33. The number of hydrogen-bond donors (Lipinski definition) is 1. The molecule has 1 heterocycles. The summed E-state index contributed by atoms with van der Waals surface area (Å²) >= 11 is 0. The van der Waals surface area contributed by atoms with Crippen molar-refractivity contribution >= 4 is 22.8 Å². The Bertz CT molecular complexity index is 4760. The molecule has 0 amide bonds. The molecule has 0 aliphatic heterocycles. The van der Waals surface area contributed by atoms with Crippen LogP contribution < -0.4 is 33.3 Å². The number of carbonyl (C=O) groups is 1. The second kappa shape index (κ2) is 45.8. The van der Waals surface area contributed by atoms with E-state index in [4.69, 9.17) is 32.8 Å². The zero-order chi connectivity index (χ0) is 83.8. The van der Waals surface area contributed by atoms with Gasteiger partial charge in [-0.05, 0) is 208 Å². The van der Waals surface area contributed by atoms with E-state index in [1.165, 1.54) is 32.6 Å². The predicted molar refractivity (Wildman–Crippen MR) is 490 cm³/mol. The number of aromatic nitrogens is 2. The van der Waals surface area contributed by atoms with Crippen LogP contribution in [0.2, 0.25) is 0 Å². The normalized spacial score (nSPS) is 11.9. The van der Waals surface area contributed by atoms with E-state index in [1.807, 2.05) is 12.1 Å². The highest BCUT2D eigenvalue weighted by Crippen LogP contribution is 2.49. The Hall–Kier alpha value is -10.1. The van der Waals surface area contributed by atoms with Crippen molar-refractivity contribution in [3.8, 4) is 90.8 Å². The summed E-state index contributed by atoms with van der Waals surface area (Å²) < 4.78 is 47.3. The van der Waals surface area contributed by atoms with Crippen LogP contribution in [0.5, 0.6) is 34.5 Å². The number of para-hydroxylation sites is 1. The van der Waals surface area contributed by atoms with Gasteiger partial charge < -0.3 is 42.8 Å². The number of carbonyl (C=O) groups excluding carboxylic acids is 1. The minimum atomic E-state index is -0.540. The number of ether oxygens (including phenoxy) is 6. The number of aryl methyl sites for hydroxylation is 2. The van der Waals surface area contributed by atoms with Gasteiger partial charge in [0, 0.05) is 78.8 Å². The third kappa shape index (κ3) is 24.6. The van der Waals surface area contributed by atoms with Crippen molar-refractivity contribution in [2.75, 3.05) is 44.5 Å². The monoisotopic (exact) mass is 1590 g/mol. The molecule has 0 saturated heterocycles. The van der Waals surface area contributed by atoms with Crippen LogP contribution in [0.1, 0.15) is 276 Å². The smallest absolute Gasteiger partial charge is 0.248 e. The lowest BCUT2D eigenvalue weighted by atomic mass is 9.76. The van der Waals surface area contributed by atoms with Gasteiger partial charge in [-0.15, -0.1) is 10.2 Å². The van der Waals surface area contributed by atoms with E-state index in [-0.39, 0.29) is 11.5 Å². The molecule has 118 heavy (non-hydrogen) atoms. The molecule has 1 aromatic heterocycles. The molecule has 9 aromatic carbocycles. The van der Waals surface area contributed by atoms with Crippen molar-refractivity contribution in [3.05, 3.63) is 232 Å². The van der Waals surface area contributed by atoms with Crippen LogP contribution in [0.25, 0.3) is 56.3 Å². The Morgan fingerprint density at radius 3 is 1.09 bits per heavy atom. The van der Waals surface area contributed by atoms with E-state index < -0.39 is 10.8 Å². The van der Waals surface area contributed by atoms with Gasteiger partial charge in [-0.2, -0.15) is 0 Å². The van der Waals surface area contributed by atoms with Crippen LogP contribution in [0.4, 0.5) is 17.1 Å². The molecule has 0 radical (unpaired) electrons. The fraction of sp³-hybridized carbons (Fsp3) is 0.443. The van der Waals surface area contributed by atoms with Crippen LogP contribution in [0.3, 0.4) is 0 Å². The third-order valence-corrected chi connectivity index (χ3v) is 23.2. The first-order chi connectivity index (χ1) is 57.3. The third-order valence-electron chi connectivity index (χ3n) is 23.2. The Morgan fingerprint density at radius 2 is 0.686 bits per heavy atom. The largest absolute Gasteiger partial charge is 0.512 e. The molecular formula is C106H135N3O9. The number of anilines is 3. The number of hydrogen-bond acceptors (Lipinski definition) is 12. The molecule has 0 bridgehead atoms. The van der Waals surface area contributed by atoms with E-state index in [0.717, 1.165) is 263 Å². The van der Waals surface area contributed by atoms with E-state index >= 15 is 0 Å². The standard InChI is InChI=1S/C106H135N3O9/c1-15-21-27-36-62-112-97-71-92(98(68-77(97)8)113-63-37-28-22-16-2)80-46-48-82(49-47-80)103-107-108-104(118-103)83-50-54-86(55-51-83)105(11,12)95-74-99(114-64-38-29-23-17-3)93(72-101(95)116-66-40-31-25-19-5)81-52-58-89(59-53-81)109(88-42-34-33-35-43-88)90-60-56-87(57-61-90)106(13,14)96-75-100(115-65-39-30-24-18-4)94(73-102(96)117-67-41-32-26-20-6)84-45-44-76(7)85(69-84)70-91(78(9)110)79(10)111/h33-35,42-61,68-69,71-75,110H,15-32,36-41,62-67,70H2,1-14H3/b91-78-. The molecule has 12 nitrogen and oxygen atoms in total. The van der Waals surface area contributed by atoms with Crippen molar-refractivity contribution in [3.63, 3.8) is 0 Å². The number of aliphatic hydroxyl groups excluding tert-OH is 1. The number of aliphatic hydroxyl groups is 1. The van der Waals surface area contributed by atoms with E-state index in [2.05, 4.69) is 268 Å². The number of ketones is 1. The van der Waals surface area contributed by atoms with Gasteiger partial charge >= 0.3 is 0 Å².